The van der Waals surface area contributed by atoms with Crippen molar-refractivity contribution < 1.29 is 0 Å². The van der Waals surface area contributed by atoms with E-state index in [4.69, 9.17) is 5.73 Å². The van der Waals surface area contributed by atoms with E-state index in [-0.39, 0.29) is 0 Å². The fourth-order valence-electron chi connectivity index (χ4n) is 2.11. The highest BCUT2D eigenvalue weighted by Gasteiger charge is 2.26. The van der Waals surface area contributed by atoms with Gasteiger partial charge in [0.15, 0.2) is 0 Å². The Balaban J connectivity index is 2.36. The van der Waals surface area contributed by atoms with Gasteiger partial charge in [-0.1, -0.05) is 20.8 Å². The molecular weight excluding hydrogens is 172 g/mol. The van der Waals surface area contributed by atoms with Gasteiger partial charge in [0.25, 0.3) is 0 Å². The Morgan fingerprint density at radius 2 is 2.00 bits per heavy atom. The number of hydrogen-bond donors (Lipinski definition) is 1. The van der Waals surface area contributed by atoms with E-state index < -0.39 is 0 Å². The Labute approximate surface area is 88.8 Å². The molecule has 0 aromatic carbocycles. The van der Waals surface area contributed by atoms with E-state index in [0.29, 0.717) is 6.04 Å². The molecule has 1 fully saturated rings. The highest BCUT2D eigenvalue weighted by atomic mass is 15.2. The van der Waals surface area contributed by atoms with Crippen molar-refractivity contribution in [3.63, 3.8) is 0 Å². The summed E-state index contributed by atoms with van der Waals surface area (Å²) in [6, 6.07) is 0.612. The molecule has 0 aliphatic heterocycles. The summed E-state index contributed by atoms with van der Waals surface area (Å²) in [5, 5.41) is 0. The molecule has 1 rings (SSSR count). The third-order valence-electron chi connectivity index (χ3n) is 3.13. The van der Waals surface area contributed by atoms with Crippen LogP contribution in [0, 0.1) is 11.8 Å². The van der Waals surface area contributed by atoms with E-state index in [9.17, 15) is 0 Å². The topological polar surface area (TPSA) is 29.3 Å². The molecule has 0 amide bonds. The fraction of sp³-hybridized carbons (Fsp3) is 1.00. The lowest BCUT2D eigenvalue weighted by molar-refractivity contribution is 0.179. The molecule has 0 aromatic heterocycles. The number of nitrogens with two attached hydrogens (primary N) is 1. The first kappa shape index (κ1) is 12.0. The van der Waals surface area contributed by atoms with Gasteiger partial charge >= 0.3 is 0 Å². The van der Waals surface area contributed by atoms with Crippen molar-refractivity contribution in [2.75, 3.05) is 19.6 Å². The Kier molecular flexibility index (Phi) is 4.90. The van der Waals surface area contributed by atoms with E-state index in [0.717, 1.165) is 24.9 Å². The van der Waals surface area contributed by atoms with Gasteiger partial charge in [-0.15, -0.1) is 0 Å². The van der Waals surface area contributed by atoms with Crippen LogP contribution in [-0.2, 0) is 0 Å². The first-order valence-corrected chi connectivity index (χ1v) is 6.11. The zero-order valence-corrected chi connectivity index (χ0v) is 10.00. The molecule has 14 heavy (non-hydrogen) atoms. The van der Waals surface area contributed by atoms with Crippen molar-refractivity contribution in [2.24, 2.45) is 17.6 Å². The number of rotatable bonds is 7. The summed E-state index contributed by atoms with van der Waals surface area (Å²) in [5.41, 5.74) is 5.85. The fourth-order valence-corrected chi connectivity index (χ4v) is 2.11. The molecule has 0 radical (unpaired) electrons. The third kappa shape index (κ3) is 3.97. The molecule has 1 aliphatic carbocycles. The minimum absolute atomic E-state index is 0.612. The average Bonchev–Trinajstić information content (AvgIpc) is 2.94. The van der Waals surface area contributed by atoms with Gasteiger partial charge in [-0.05, 0) is 37.6 Å². The van der Waals surface area contributed by atoms with Gasteiger partial charge < -0.3 is 5.73 Å². The zero-order chi connectivity index (χ0) is 10.6. The number of likely N-dealkylation sites (N-methyl/N-ethyl adjacent to an activating group) is 1. The maximum Gasteiger partial charge on any atom is 0.0220 e. The van der Waals surface area contributed by atoms with E-state index in [2.05, 4.69) is 25.7 Å². The quantitative estimate of drug-likeness (QED) is 0.679. The summed E-state index contributed by atoms with van der Waals surface area (Å²) >= 11 is 0. The van der Waals surface area contributed by atoms with Crippen molar-refractivity contribution in [1.29, 1.82) is 0 Å². The van der Waals surface area contributed by atoms with E-state index >= 15 is 0 Å². The number of nitrogens with zero attached hydrogens (tertiary/aromatic N) is 1. The van der Waals surface area contributed by atoms with Crippen molar-refractivity contribution >= 4 is 0 Å². The summed E-state index contributed by atoms with van der Waals surface area (Å²) in [4.78, 5) is 2.58. The van der Waals surface area contributed by atoms with Gasteiger partial charge in [-0.3, -0.25) is 4.90 Å². The van der Waals surface area contributed by atoms with Gasteiger partial charge in [0, 0.05) is 19.1 Å². The maximum atomic E-state index is 5.85. The molecular formula is C12H26N2. The molecule has 84 valence electrons. The molecule has 1 unspecified atom stereocenters. The molecule has 0 bridgehead atoms. The molecule has 0 heterocycles. The van der Waals surface area contributed by atoms with Gasteiger partial charge in [0.05, 0.1) is 0 Å². The molecule has 2 N–H and O–H groups in total. The van der Waals surface area contributed by atoms with Crippen LogP contribution in [0.15, 0.2) is 0 Å². The first-order valence-electron chi connectivity index (χ1n) is 6.11. The standard InChI is InChI=1S/C12H26N2/c1-4-14(9-11-5-6-11)12(8-13)7-10(2)3/h10-12H,4-9,13H2,1-3H3. The molecule has 1 aliphatic rings. The minimum atomic E-state index is 0.612. The number of hydrogen-bond acceptors (Lipinski definition) is 2. The van der Waals surface area contributed by atoms with E-state index in [1.54, 1.807) is 0 Å². The third-order valence-corrected chi connectivity index (χ3v) is 3.13. The van der Waals surface area contributed by atoms with Crippen molar-refractivity contribution in [2.45, 2.75) is 46.1 Å². The highest BCUT2D eigenvalue weighted by molar-refractivity contribution is 4.81. The second-order valence-electron chi connectivity index (χ2n) is 5.05. The van der Waals surface area contributed by atoms with Crippen molar-refractivity contribution in [3.05, 3.63) is 0 Å². The summed E-state index contributed by atoms with van der Waals surface area (Å²) in [5.74, 6) is 1.74. The van der Waals surface area contributed by atoms with Gasteiger partial charge in [-0.25, -0.2) is 0 Å². The second-order valence-corrected chi connectivity index (χ2v) is 5.05. The summed E-state index contributed by atoms with van der Waals surface area (Å²) in [6.07, 6.45) is 4.13. The van der Waals surface area contributed by atoms with Crippen LogP contribution in [0.3, 0.4) is 0 Å². The minimum Gasteiger partial charge on any atom is -0.329 e. The van der Waals surface area contributed by atoms with Crippen LogP contribution >= 0.6 is 0 Å². The van der Waals surface area contributed by atoms with Crippen molar-refractivity contribution in [1.82, 2.24) is 4.90 Å². The second kappa shape index (κ2) is 5.72. The first-order chi connectivity index (χ1) is 6.67. The van der Waals surface area contributed by atoms with E-state index in [1.807, 2.05) is 0 Å². The summed E-state index contributed by atoms with van der Waals surface area (Å²) in [7, 11) is 0. The normalized spacial score (nSPS) is 19.3. The van der Waals surface area contributed by atoms with Crippen LogP contribution in [0.25, 0.3) is 0 Å². The Morgan fingerprint density at radius 3 is 2.36 bits per heavy atom. The SMILES string of the molecule is CCN(CC1CC1)C(CN)CC(C)C. The smallest absolute Gasteiger partial charge is 0.0220 e. The van der Waals surface area contributed by atoms with Gasteiger partial charge in [0.1, 0.15) is 0 Å². The maximum absolute atomic E-state index is 5.85. The average molecular weight is 198 g/mol. The Hall–Kier alpha value is -0.0800. The Bertz CT molecular complexity index is 142. The largest absolute Gasteiger partial charge is 0.329 e. The van der Waals surface area contributed by atoms with Crippen LogP contribution in [-0.4, -0.2) is 30.6 Å². The molecule has 0 saturated heterocycles. The predicted molar refractivity (Wildman–Crippen MR) is 62.3 cm³/mol. The summed E-state index contributed by atoms with van der Waals surface area (Å²) < 4.78 is 0. The zero-order valence-electron chi connectivity index (χ0n) is 10.00. The Morgan fingerprint density at radius 1 is 1.36 bits per heavy atom. The molecule has 1 saturated carbocycles. The van der Waals surface area contributed by atoms with Crippen molar-refractivity contribution in [3.8, 4) is 0 Å². The molecule has 1 atom stereocenters. The van der Waals surface area contributed by atoms with Crippen LogP contribution in [0.5, 0.6) is 0 Å². The summed E-state index contributed by atoms with van der Waals surface area (Å²) in [6.45, 7) is 10.1. The van der Waals surface area contributed by atoms with Gasteiger partial charge in [0.2, 0.25) is 0 Å². The monoisotopic (exact) mass is 198 g/mol. The molecule has 2 heteroatoms. The molecule has 0 spiro atoms. The molecule has 0 aromatic rings. The van der Waals surface area contributed by atoms with Crippen LogP contribution in [0.1, 0.15) is 40.0 Å². The van der Waals surface area contributed by atoms with Crippen LogP contribution in [0.4, 0.5) is 0 Å². The lowest BCUT2D eigenvalue weighted by Gasteiger charge is -2.31. The predicted octanol–water partition coefficient (Wildman–Crippen LogP) is 2.09. The molecule has 2 nitrogen and oxygen atoms in total. The highest BCUT2D eigenvalue weighted by Crippen LogP contribution is 2.30. The van der Waals surface area contributed by atoms with E-state index in [1.165, 1.54) is 25.8 Å². The lowest BCUT2D eigenvalue weighted by atomic mass is 10.0. The van der Waals surface area contributed by atoms with Crippen LogP contribution in [0.2, 0.25) is 0 Å². The van der Waals surface area contributed by atoms with Crippen LogP contribution < -0.4 is 5.73 Å². The van der Waals surface area contributed by atoms with Gasteiger partial charge in [-0.2, -0.15) is 0 Å². The lowest BCUT2D eigenvalue weighted by Crippen LogP contribution is -2.42.